The van der Waals surface area contributed by atoms with E-state index in [1.54, 1.807) is 24.8 Å². The average molecular weight is 420 g/mol. The van der Waals surface area contributed by atoms with Gasteiger partial charge in [0, 0.05) is 29.8 Å². The smallest absolute Gasteiger partial charge is 0.410 e. The number of amides is 1. The molecule has 0 unspecified atom stereocenters. The lowest BCUT2D eigenvalue weighted by molar-refractivity contribution is 0.0999. The van der Waals surface area contributed by atoms with E-state index in [1.165, 1.54) is 4.90 Å². The van der Waals surface area contributed by atoms with Crippen LogP contribution < -0.4 is 5.73 Å². The van der Waals surface area contributed by atoms with Gasteiger partial charge < -0.3 is 15.4 Å². The first kappa shape index (κ1) is 21.3. The number of nitrogens with zero attached hydrogens (tertiary/aromatic N) is 4. The van der Waals surface area contributed by atoms with Crippen LogP contribution in [0.1, 0.15) is 18.4 Å². The van der Waals surface area contributed by atoms with Gasteiger partial charge in [0.2, 0.25) is 0 Å². The van der Waals surface area contributed by atoms with E-state index >= 15 is 0 Å². The van der Waals surface area contributed by atoms with Crippen LogP contribution >= 0.6 is 11.8 Å². The van der Waals surface area contributed by atoms with Crippen LogP contribution in [0, 0.1) is 45.3 Å². The van der Waals surface area contributed by atoms with Gasteiger partial charge in [0.15, 0.2) is 5.41 Å². The topological polar surface area (TPSA) is 127 Å². The Hall–Kier alpha value is -3.41. The van der Waals surface area contributed by atoms with Gasteiger partial charge in [-0.3, -0.25) is 0 Å². The zero-order chi connectivity index (χ0) is 21.9. The summed E-state index contributed by atoms with van der Waals surface area (Å²) < 4.78 is 5.13. The Balaban J connectivity index is 2.21. The van der Waals surface area contributed by atoms with Gasteiger partial charge >= 0.3 is 6.09 Å². The fourth-order valence-corrected chi connectivity index (χ4v) is 4.64. The number of fused-ring (bicyclic) bond motifs is 1. The van der Waals surface area contributed by atoms with Gasteiger partial charge in [-0.2, -0.15) is 15.8 Å². The molecule has 2 atom stereocenters. The predicted octanol–water partition coefficient (Wildman–Crippen LogP) is 3.29. The summed E-state index contributed by atoms with van der Waals surface area (Å²) in [4.78, 5) is 14.9. The van der Waals surface area contributed by atoms with Gasteiger partial charge in [-0.1, -0.05) is 18.2 Å². The van der Waals surface area contributed by atoms with E-state index in [0.717, 1.165) is 10.5 Å². The second kappa shape index (κ2) is 8.53. The van der Waals surface area contributed by atoms with Crippen molar-refractivity contribution in [3.8, 4) is 18.2 Å². The van der Waals surface area contributed by atoms with E-state index in [0.29, 0.717) is 5.57 Å². The molecule has 0 aromatic heterocycles. The largest absolute Gasteiger partial charge is 0.450 e. The minimum Gasteiger partial charge on any atom is -0.450 e. The molecule has 152 valence electrons. The number of hydrogen-bond acceptors (Lipinski definition) is 7. The van der Waals surface area contributed by atoms with Crippen molar-refractivity contribution in [3.05, 3.63) is 52.7 Å². The number of benzene rings is 1. The van der Waals surface area contributed by atoms with Crippen molar-refractivity contribution in [1.29, 1.82) is 15.8 Å². The molecule has 1 amide bonds. The minimum atomic E-state index is -1.72. The molecule has 1 aliphatic carbocycles. The highest BCUT2D eigenvalue weighted by molar-refractivity contribution is 7.98. The average Bonchev–Trinajstić information content (AvgIpc) is 2.78. The van der Waals surface area contributed by atoms with Gasteiger partial charge in [0.25, 0.3) is 0 Å². The summed E-state index contributed by atoms with van der Waals surface area (Å²) in [6.45, 7) is 2.47. The number of carbonyl (C=O) groups is 1. The van der Waals surface area contributed by atoms with E-state index in [1.807, 2.05) is 30.5 Å². The SMILES string of the molecule is CCOC(=O)N1CC=C2C(C#N)=C(N)C(C#N)(C#N)[C@H](c3ccc(SC)cc3)[C@@H]2C1. The molecule has 0 saturated heterocycles. The molecule has 0 fully saturated rings. The first-order chi connectivity index (χ1) is 14.5. The molecule has 1 heterocycles. The lowest BCUT2D eigenvalue weighted by atomic mass is 9.58. The van der Waals surface area contributed by atoms with Crippen LogP contribution in [0.4, 0.5) is 4.79 Å². The molecule has 3 rings (SSSR count). The molecule has 2 aliphatic rings. The number of thioether (sulfide) groups is 1. The molecular formula is C22H21N5O2S. The Morgan fingerprint density at radius 3 is 2.50 bits per heavy atom. The van der Waals surface area contributed by atoms with Crippen LogP contribution in [0.15, 0.2) is 52.1 Å². The summed E-state index contributed by atoms with van der Waals surface area (Å²) in [5, 5.41) is 29.9. The third-order valence-corrected chi connectivity index (χ3v) is 6.41. The Morgan fingerprint density at radius 2 is 1.97 bits per heavy atom. The van der Waals surface area contributed by atoms with Crippen LogP contribution in [0.25, 0.3) is 0 Å². The number of rotatable bonds is 3. The van der Waals surface area contributed by atoms with Gasteiger partial charge in [-0.15, -0.1) is 11.8 Å². The second-order valence-corrected chi connectivity index (χ2v) is 7.93. The molecule has 1 aliphatic heterocycles. The molecule has 8 heteroatoms. The minimum absolute atomic E-state index is 0.0268. The summed E-state index contributed by atoms with van der Waals surface area (Å²) in [7, 11) is 0. The highest BCUT2D eigenvalue weighted by Gasteiger charge is 2.54. The van der Waals surface area contributed by atoms with Crippen molar-refractivity contribution in [2.75, 3.05) is 26.0 Å². The fourth-order valence-electron chi connectivity index (χ4n) is 4.23. The molecular weight excluding hydrogens is 398 g/mol. The number of allylic oxidation sites excluding steroid dienone is 2. The lowest BCUT2D eigenvalue weighted by Crippen LogP contribution is -2.49. The highest BCUT2D eigenvalue weighted by atomic mass is 32.2. The Bertz CT molecular complexity index is 1030. The van der Waals surface area contributed by atoms with E-state index < -0.39 is 23.3 Å². The Morgan fingerprint density at radius 1 is 1.30 bits per heavy atom. The standard InChI is InChI=1S/C22H21N5O2S/c1-3-29-21(28)27-9-8-16-17(10-23)20(26)22(12-24,13-25)19(18(16)11-27)14-4-6-15(30-2)7-5-14/h4-8,18-19H,3,9,11,26H2,1-2H3/t18-,19-/m1/s1. The highest BCUT2D eigenvalue weighted by Crippen LogP contribution is 2.54. The summed E-state index contributed by atoms with van der Waals surface area (Å²) in [5.74, 6) is -1.08. The van der Waals surface area contributed by atoms with Crippen molar-refractivity contribution in [2.45, 2.75) is 17.7 Å². The zero-order valence-electron chi connectivity index (χ0n) is 16.8. The monoisotopic (exact) mass is 419 g/mol. The third-order valence-electron chi connectivity index (χ3n) is 5.67. The summed E-state index contributed by atoms with van der Waals surface area (Å²) >= 11 is 1.58. The van der Waals surface area contributed by atoms with Gasteiger partial charge in [-0.05, 0) is 36.4 Å². The molecule has 7 nitrogen and oxygen atoms in total. The van der Waals surface area contributed by atoms with Crippen LogP contribution in [-0.4, -0.2) is 36.9 Å². The zero-order valence-corrected chi connectivity index (χ0v) is 17.6. The quantitative estimate of drug-likeness (QED) is 0.745. The van der Waals surface area contributed by atoms with Gasteiger partial charge in [0.1, 0.15) is 6.07 Å². The van der Waals surface area contributed by atoms with Gasteiger partial charge in [0.05, 0.1) is 30.0 Å². The first-order valence-electron chi connectivity index (χ1n) is 9.46. The summed E-state index contributed by atoms with van der Waals surface area (Å²) in [6, 6.07) is 13.9. The summed E-state index contributed by atoms with van der Waals surface area (Å²) in [6.07, 6.45) is 3.27. The maximum absolute atomic E-state index is 12.4. The van der Waals surface area contributed by atoms with Crippen LogP contribution in [-0.2, 0) is 4.74 Å². The lowest BCUT2D eigenvalue weighted by Gasteiger charge is -2.45. The maximum Gasteiger partial charge on any atom is 0.410 e. The second-order valence-electron chi connectivity index (χ2n) is 7.05. The van der Waals surface area contributed by atoms with E-state index in [4.69, 9.17) is 10.5 Å². The van der Waals surface area contributed by atoms with Crippen molar-refractivity contribution in [1.82, 2.24) is 4.90 Å². The number of nitrogens with two attached hydrogens (primary N) is 1. The normalized spacial score (nSPS) is 22.1. The maximum atomic E-state index is 12.4. The third kappa shape index (κ3) is 3.28. The van der Waals surface area contributed by atoms with Crippen molar-refractivity contribution < 1.29 is 9.53 Å². The number of nitriles is 3. The van der Waals surface area contributed by atoms with Gasteiger partial charge in [-0.25, -0.2) is 4.79 Å². The molecule has 0 spiro atoms. The Kier molecular flexibility index (Phi) is 6.06. The summed E-state index contributed by atoms with van der Waals surface area (Å²) in [5.41, 5.74) is 6.14. The van der Waals surface area contributed by atoms with Crippen molar-refractivity contribution >= 4 is 17.9 Å². The molecule has 1 aromatic carbocycles. The number of carbonyl (C=O) groups excluding carboxylic acids is 1. The Labute approximate surface area is 180 Å². The van der Waals surface area contributed by atoms with E-state index in [2.05, 4.69) is 18.2 Å². The van der Waals surface area contributed by atoms with Crippen molar-refractivity contribution in [2.24, 2.45) is 17.1 Å². The molecule has 0 bridgehead atoms. The molecule has 30 heavy (non-hydrogen) atoms. The molecule has 0 saturated carbocycles. The van der Waals surface area contributed by atoms with E-state index in [-0.39, 0.29) is 31.0 Å². The number of ether oxygens (including phenoxy) is 1. The molecule has 2 N–H and O–H groups in total. The molecule has 1 aromatic rings. The fraction of sp³-hybridized carbons (Fsp3) is 0.364. The van der Waals surface area contributed by atoms with Crippen LogP contribution in [0.2, 0.25) is 0 Å². The predicted molar refractivity (Wildman–Crippen MR) is 112 cm³/mol. The number of hydrogen-bond donors (Lipinski definition) is 1. The molecule has 0 radical (unpaired) electrons. The first-order valence-corrected chi connectivity index (χ1v) is 10.7. The van der Waals surface area contributed by atoms with Crippen LogP contribution in [0.5, 0.6) is 0 Å². The van der Waals surface area contributed by atoms with E-state index in [9.17, 15) is 20.6 Å². The van der Waals surface area contributed by atoms with Crippen molar-refractivity contribution in [3.63, 3.8) is 0 Å². The van der Waals surface area contributed by atoms with Crippen LogP contribution in [0.3, 0.4) is 0 Å².